The molecule has 10 aromatic rings. The number of hydrogen-bond donors (Lipinski definition) is 0. The van der Waals surface area contributed by atoms with Crippen molar-refractivity contribution in [2.24, 2.45) is 0 Å². The van der Waals surface area contributed by atoms with E-state index in [1.54, 1.807) is 0 Å². The van der Waals surface area contributed by atoms with Gasteiger partial charge in [0.1, 0.15) is 0 Å². The first-order valence-electron chi connectivity index (χ1n) is 24.4. The minimum Gasteiger partial charge on any atom is -0.309 e. The summed E-state index contributed by atoms with van der Waals surface area (Å²) in [4.78, 5) is 14.6. The monoisotopic (exact) mass is 893 g/mol. The van der Waals surface area contributed by atoms with Gasteiger partial charge in [0, 0.05) is 33.0 Å². The van der Waals surface area contributed by atoms with Crippen LogP contribution >= 0.6 is 0 Å². The van der Waals surface area contributed by atoms with Gasteiger partial charge in [0.2, 0.25) is 0 Å². The molecule has 9 aromatic carbocycles. The molecule has 0 aliphatic heterocycles. The lowest BCUT2D eigenvalue weighted by molar-refractivity contribution is 0.103. The van der Waals surface area contributed by atoms with E-state index in [0.29, 0.717) is 18.3 Å². The molecule has 0 atom stereocenters. The van der Waals surface area contributed by atoms with Crippen molar-refractivity contribution in [2.45, 2.75) is 65.2 Å². The van der Waals surface area contributed by atoms with Crippen molar-refractivity contribution >= 4 is 56.4 Å². The van der Waals surface area contributed by atoms with Gasteiger partial charge in [-0.1, -0.05) is 224 Å². The number of fused-ring (bicyclic) bond motifs is 9. The van der Waals surface area contributed by atoms with Crippen molar-refractivity contribution in [3.63, 3.8) is 0 Å². The Morgan fingerprint density at radius 3 is 1.69 bits per heavy atom. The van der Waals surface area contributed by atoms with E-state index in [0.717, 1.165) is 39.1 Å². The fourth-order valence-electron chi connectivity index (χ4n) is 12.3. The summed E-state index contributed by atoms with van der Waals surface area (Å²) in [5.74, 6) is 0.730. The predicted molar refractivity (Wildman–Crippen MR) is 288 cm³/mol. The molecule has 0 N–H and O–H groups in total. The fraction of sp³-hybridized carbons (Fsp3) is 0.154. The van der Waals surface area contributed by atoms with Crippen LogP contribution in [0.25, 0.3) is 49.7 Å². The van der Waals surface area contributed by atoms with E-state index < -0.39 is 8.07 Å². The molecule has 1 heterocycles. The zero-order chi connectivity index (χ0) is 46.5. The standard InChI is InChI=1S/C65H55NOSi/c1-41(2)52-29-19-30-56-60-61-58(55-28-16-17-31-59(55)65(61,5)6)40-57(42(3)4)63(60)66(62(52)56)47-21-18-20-43(38-47)44-32-34-53-45(36-44)37-46-39-51(33-35-54(46)64(53)67)68(48-22-10-7-11-23-48,49-24-12-8-13-25-49)50-26-14-9-15-27-50/h7-36,38-42H,37H2,1-6H3. The van der Waals surface area contributed by atoms with Gasteiger partial charge in [-0.2, -0.15) is 0 Å². The van der Waals surface area contributed by atoms with Crippen molar-refractivity contribution in [1.82, 2.24) is 4.57 Å². The van der Waals surface area contributed by atoms with Crippen LogP contribution in [0.5, 0.6) is 0 Å². The maximum absolute atomic E-state index is 14.6. The Morgan fingerprint density at radius 2 is 1.04 bits per heavy atom. The molecule has 0 radical (unpaired) electrons. The third-order valence-corrected chi connectivity index (χ3v) is 20.2. The number of ketones is 1. The third kappa shape index (κ3) is 6.18. The van der Waals surface area contributed by atoms with Crippen molar-refractivity contribution in [3.8, 4) is 27.9 Å². The lowest BCUT2D eigenvalue weighted by atomic mass is 9.79. The van der Waals surface area contributed by atoms with E-state index in [1.807, 2.05) is 0 Å². The molecule has 1 aromatic heterocycles. The summed E-state index contributed by atoms with van der Waals surface area (Å²) in [5, 5.41) is 7.95. The van der Waals surface area contributed by atoms with Gasteiger partial charge < -0.3 is 4.57 Å². The summed E-state index contributed by atoms with van der Waals surface area (Å²) in [5.41, 5.74) is 17.9. The highest BCUT2D eigenvalue weighted by atomic mass is 28.3. The molecule has 0 saturated heterocycles. The Bertz CT molecular complexity index is 3540. The SMILES string of the molecule is CC(C)c1cccc2c3c4c(cc(C(C)C)c3n(-c3cccc(-c5ccc6c(c5)Cc5cc([Si](c7ccccc7)(c7ccccc7)c7ccccc7)ccc5C6=O)c3)c12)-c1ccccc1C4(C)C. The molecule has 0 unspecified atom stereocenters. The van der Waals surface area contributed by atoms with Crippen LogP contribution in [0.1, 0.15) is 103 Å². The summed E-state index contributed by atoms with van der Waals surface area (Å²) in [7, 11) is -2.78. The second-order valence-electron chi connectivity index (χ2n) is 20.3. The molecule has 2 aliphatic rings. The second-order valence-corrected chi connectivity index (χ2v) is 24.1. The summed E-state index contributed by atoms with van der Waals surface area (Å²) < 4.78 is 2.60. The van der Waals surface area contributed by atoms with Crippen molar-refractivity contribution < 1.29 is 4.79 Å². The molecule has 0 fully saturated rings. The molecule has 3 heteroatoms. The van der Waals surface area contributed by atoms with Crippen molar-refractivity contribution in [1.29, 1.82) is 0 Å². The zero-order valence-electron chi connectivity index (χ0n) is 39.8. The smallest absolute Gasteiger partial charge is 0.193 e. The normalized spacial score (nSPS) is 13.8. The summed E-state index contributed by atoms with van der Waals surface area (Å²) >= 11 is 0. The molecule has 0 amide bonds. The average molecular weight is 894 g/mol. The summed E-state index contributed by atoms with van der Waals surface area (Å²) in [6.07, 6.45) is 0.687. The highest BCUT2D eigenvalue weighted by Crippen LogP contribution is 2.55. The number of aromatic nitrogens is 1. The first-order valence-corrected chi connectivity index (χ1v) is 26.4. The minimum atomic E-state index is -2.78. The van der Waals surface area contributed by atoms with E-state index in [2.05, 4.69) is 246 Å². The van der Waals surface area contributed by atoms with Gasteiger partial charge in [0.05, 0.1) is 11.0 Å². The average Bonchev–Trinajstić information content (AvgIpc) is 3.83. The van der Waals surface area contributed by atoms with Gasteiger partial charge in [0.15, 0.2) is 13.9 Å². The third-order valence-electron chi connectivity index (χ3n) is 15.4. The fourth-order valence-corrected chi connectivity index (χ4v) is 17.1. The van der Waals surface area contributed by atoms with Gasteiger partial charge >= 0.3 is 0 Å². The van der Waals surface area contributed by atoms with Crippen LogP contribution in [-0.2, 0) is 11.8 Å². The van der Waals surface area contributed by atoms with Gasteiger partial charge in [-0.25, -0.2) is 0 Å². The number of benzene rings is 9. The maximum Gasteiger partial charge on any atom is 0.193 e. The van der Waals surface area contributed by atoms with E-state index in [-0.39, 0.29) is 11.2 Å². The first-order chi connectivity index (χ1) is 33.1. The van der Waals surface area contributed by atoms with Gasteiger partial charge in [-0.05, 0) is 113 Å². The van der Waals surface area contributed by atoms with Crippen molar-refractivity contribution in [2.75, 3.05) is 0 Å². The van der Waals surface area contributed by atoms with Gasteiger partial charge in [-0.15, -0.1) is 0 Å². The van der Waals surface area contributed by atoms with E-state index in [1.165, 1.54) is 75.9 Å². The summed E-state index contributed by atoms with van der Waals surface area (Å²) in [6.45, 7) is 14.2. The van der Waals surface area contributed by atoms with Crippen LogP contribution < -0.4 is 20.7 Å². The number of nitrogens with zero attached hydrogens (tertiary/aromatic N) is 1. The maximum atomic E-state index is 14.6. The van der Waals surface area contributed by atoms with Crippen LogP contribution in [0.2, 0.25) is 0 Å². The van der Waals surface area contributed by atoms with Crippen LogP contribution in [0.4, 0.5) is 0 Å². The van der Waals surface area contributed by atoms with Crippen LogP contribution in [0, 0.1) is 0 Å². The Labute approximate surface area is 401 Å². The minimum absolute atomic E-state index is 0.102. The van der Waals surface area contributed by atoms with E-state index >= 15 is 0 Å². The number of carbonyl (C=O) groups excluding carboxylic acids is 1. The highest BCUT2D eigenvalue weighted by Gasteiger charge is 2.43. The molecular formula is C65H55NOSi. The predicted octanol–water partition coefficient (Wildman–Crippen LogP) is 13.5. The Morgan fingerprint density at radius 1 is 0.471 bits per heavy atom. The number of rotatable bonds is 8. The molecule has 330 valence electrons. The molecule has 0 bridgehead atoms. The Balaban J connectivity index is 1.01. The Hall–Kier alpha value is -7.33. The number of hydrogen-bond acceptors (Lipinski definition) is 1. The molecule has 68 heavy (non-hydrogen) atoms. The first kappa shape index (κ1) is 42.1. The highest BCUT2D eigenvalue weighted by molar-refractivity contribution is 7.19. The van der Waals surface area contributed by atoms with E-state index in [9.17, 15) is 4.79 Å². The molecule has 12 rings (SSSR count). The Kier molecular flexibility index (Phi) is 9.83. The molecule has 0 spiro atoms. The van der Waals surface area contributed by atoms with Gasteiger partial charge in [0.25, 0.3) is 0 Å². The molecule has 2 aliphatic carbocycles. The number of carbonyl (C=O) groups is 1. The molecular weight excluding hydrogens is 839 g/mol. The van der Waals surface area contributed by atoms with Crippen LogP contribution in [-0.4, -0.2) is 18.4 Å². The largest absolute Gasteiger partial charge is 0.309 e. The number of para-hydroxylation sites is 1. The van der Waals surface area contributed by atoms with E-state index in [4.69, 9.17) is 0 Å². The van der Waals surface area contributed by atoms with Gasteiger partial charge in [-0.3, -0.25) is 4.79 Å². The molecule has 2 nitrogen and oxygen atoms in total. The zero-order valence-corrected chi connectivity index (χ0v) is 40.8. The molecule has 0 saturated carbocycles. The summed E-state index contributed by atoms with van der Waals surface area (Å²) in [6, 6.07) is 74.0. The quantitative estimate of drug-likeness (QED) is 0.110. The topological polar surface area (TPSA) is 22.0 Å². The van der Waals surface area contributed by atoms with Crippen molar-refractivity contribution in [3.05, 3.63) is 245 Å². The lowest BCUT2D eigenvalue weighted by Gasteiger charge is -2.35. The lowest BCUT2D eigenvalue weighted by Crippen LogP contribution is -2.74. The second kappa shape index (κ2) is 15.9. The van der Waals surface area contributed by atoms with Crippen LogP contribution in [0.15, 0.2) is 200 Å². The van der Waals surface area contributed by atoms with Crippen LogP contribution in [0.3, 0.4) is 0 Å².